The number of aromatic amines is 1. The summed E-state index contributed by atoms with van der Waals surface area (Å²) < 4.78 is 1.26. The van der Waals surface area contributed by atoms with Gasteiger partial charge in [-0.3, -0.25) is 9.78 Å². The second kappa shape index (κ2) is 5.26. The smallest absolute Gasteiger partial charge is 0.270 e. The zero-order valence-electron chi connectivity index (χ0n) is 7.04. The molecule has 14 heavy (non-hydrogen) atoms. The molecule has 0 amide bonds. The Kier molecular flexibility index (Phi) is 4.27. The van der Waals surface area contributed by atoms with E-state index in [2.05, 4.69) is 41.9 Å². The van der Waals surface area contributed by atoms with Crippen molar-refractivity contribution < 1.29 is 0 Å². The Morgan fingerprint density at radius 2 is 2.14 bits per heavy atom. The molecule has 5 nitrogen and oxygen atoms in total. The predicted octanol–water partition coefficient (Wildman–Crippen LogP) is 0.645. The fourth-order valence-corrected chi connectivity index (χ4v) is 1.33. The highest BCUT2D eigenvalue weighted by Crippen LogP contribution is 1.92. The Morgan fingerprint density at radius 3 is 2.79 bits per heavy atom. The Bertz CT molecular complexity index is 449. The minimum absolute atomic E-state index is 0.101. The third kappa shape index (κ3) is 2.91. The van der Waals surface area contributed by atoms with Gasteiger partial charge in [-0.2, -0.15) is 5.10 Å². The third-order valence-electron chi connectivity index (χ3n) is 1.38. The van der Waals surface area contributed by atoms with Gasteiger partial charge in [-0.15, -0.1) is 0 Å². The zero-order chi connectivity index (χ0) is 10.6. The van der Waals surface area contributed by atoms with Crippen molar-refractivity contribution in [2.75, 3.05) is 5.33 Å². The number of hydrogen-bond acceptors (Lipinski definition) is 3. The number of halogens is 2. The second-order valence-corrected chi connectivity index (χ2v) is 3.76. The van der Waals surface area contributed by atoms with Crippen LogP contribution in [0.15, 0.2) is 26.3 Å². The highest BCUT2D eigenvalue weighted by Gasteiger charge is 2.00. The van der Waals surface area contributed by atoms with Gasteiger partial charge in [-0.25, -0.2) is 9.48 Å². The van der Waals surface area contributed by atoms with Crippen LogP contribution in [-0.4, -0.2) is 20.1 Å². The van der Waals surface area contributed by atoms with E-state index < -0.39 is 11.2 Å². The number of H-pyrrole nitrogens is 1. The van der Waals surface area contributed by atoms with Gasteiger partial charge in [-0.05, 0) is 15.9 Å². The number of nitrogens with one attached hydrogen (secondary N) is 1. The number of nitrogens with zero attached hydrogens (tertiary/aromatic N) is 2. The largest absolute Gasteiger partial charge is 0.345 e. The van der Waals surface area contributed by atoms with Gasteiger partial charge in [0, 0.05) is 5.33 Å². The lowest BCUT2D eigenvalue weighted by molar-refractivity contribution is 0.608. The first-order chi connectivity index (χ1) is 6.65. The molecule has 0 bridgehead atoms. The SMILES string of the molecule is O=c1[nH]c(=O)n(C/C=C/CBr)nc1Br. The molecule has 0 aliphatic rings. The first-order valence-electron chi connectivity index (χ1n) is 3.73. The van der Waals surface area contributed by atoms with Crippen molar-refractivity contribution in [3.05, 3.63) is 37.6 Å². The molecular formula is C7H7Br2N3O2. The van der Waals surface area contributed by atoms with Crippen molar-refractivity contribution in [3.8, 4) is 0 Å². The molecule has 7 heteroatoms. The summed E-state index contributed by atoms with van der Waals surface area (Å²) in [4.78, 5) is 24.2. The van der Waals surface area contributed by atoms with Gasteiger partial charge in [0.15, 0.2) is 4.60 Å². The van der Waals surface area contributed by atoms with Crippen LogP contribution in [0.1, 0.15) is 0 Å². The lowest BCUT2D eigenvalue weighted by Crippen LogP contribution is -2.32. The highest BCUT2D eigenvalue weighted by molar-refractivity contribution is 9.10. The molecular weight excluding hydrogens is 318 g/mol. The minimum atomic E-state index is -0.518. The summed E-state index contributed by atoms with van der Waals surface area (Å²) in [5.74, 6) is 0. The maximum atomic E-state index is 11.2. The molecule has 0 aliphatic carbocycles. The van der Waals surface area contributed by atoms with E-state index in [1.165, 1.54) is 0 Å². The van der Waals surface area contributed by atoms with Gasteiger partial charge in [0.05, 0.1) is 6.54 Å². The lowest BCUT2D eigenvalue weighted by atomic mass is 10.5. The van der Waals surface area contributed by atoms with E-state index in [1.54, 1.807) is 6.08 Å². The molecule has 0 spiro atoms. The van der Waals surface area contributed by atoms with Crippen LogP contribution in [0.2, 0.25) is 0 Å². The summed E-state index contributed by atoms with van der Waals surface area (Å²) in [5.41, 5.74) is -1.03. The highest BCUT2D eigenvalue weighted by atomic mass is 79.9. The van der Waals surface area contributed by atoms with Crippen LogP contribution < -0.4 is 11.2 Å². The lowest BCUT2D eigenvalue weighted by Gasteiger charge is -1.98. The quantitative estimate of drug-likeness (QED) is 0.655. The maximum absolute atomic E-state index is 11.2. The van der Waals surface area contributed by atoms with Gasteiger partial charge in [0.25, 0.3) is 5.56 Å². The van der Waals surface area contributed by atoms with Gasteiger partial charge in [0.1, 0.15) is 0 Å². The van der Waals surface area contributed by atoms with Crippen molar-refractivity contribution in [2.45, 2.75) is 6.54 Å². The van der Waals surface area contributed by atoms with Crippen LogP contribution in [0, 0.1) is 0 Å². The van der Waals surface area contributed by atoms with Crippen molar-refractivity contribution in [1.29, 1.82) is 0 Å². The number of rotatable bonds is 3. The number of alkyl halides is 1. The Labute approximate surface area is 96.1 Å². The van der Waals surface area contributed by atoms with Crippen LogP contribution in [0.3, 0.4) is 0 Å². The molecule has 0 saturated heterocycles. The Hall–Kier alpha value is -0.690. The second-order valence-electron chi connectivity index (χ2n) is 2.36. The van der Waals surface area contributed by atoms with Crippen molar-refractivity contribution in [3.63, 3.8) is 0 Å². The van der Waals surface area contributed by atoms with Crippen LogP contribution >= 0.6 is 31.9 Å². The maximum Gasteiger partial charge on any atom is 0.345 e. The fraction of sp³-hybridized carbons (Fsp3) is 0.286. The molecule has 0 aliphatic heterocycles. The molecule has 0 saturated carbocycles. The van der Waals surface area contributed by atoms with E-state index in [0.717, 1.165) is 4.68 Å². The molecule has 0 fully saturated rings. The van der Waals surface area contributed by atoms with Crippen LogP contribution in [0.4, 0.5) is 0 Å². The summed E-state index contributed by atoms with van der Waals surface area (Å²) in [5, 5.41) is 4.47. The molecule has 1 aromatic rings. The Balaban J connectivity index is 2.99. The zero-order valence-corrected chi connectivity index (χ0v) is 10.2. The monoisotopic (exact) mass is 323 g/mol. The van der Waals surface area contributed by atoms with E-state index >= 15 is 0 Å². The Morgan fingerprint density at radius 1 is 1.43 bits per heavy atom. The molecule has 1 aromatic heterocycles. The molecule has 76 valence electrons. The van der Waals surface area contributed by atoms with Crippen molar-refractivity contribution in [2.24, 2.45) is 0 Å². The van der Waals surface area contributed by atoms with Gasteiger partial charge >= 0.3 is 5.69 Å². The molecule has 1 N–H and O–H groups in total. The molecule has 0 unspecified atom stereocenters. The summed E-state index contributed by atoms with van der Waals surface area (Å²) >= 11 is 6.15. The molecule has 0 radical (unpaired) electrons. The van der Waals surface area contributed by atoms with E-state index in [9.17, 15) is 9.59 Å². The molecule has 1 rings (SSSR count). The number of aromatic nitrogens is 3. The predicted molar refractivity (Wildman–Crippen MR) is 59.8 cm³/mol. The molecule has 1 heterocycles. The van der Waals surface area contributed by atoms with E-state index in [0.29, 0.717) is 11.9 Å². The van der Waals surface area contributed by atoms with Crippen molar-refractivity contribution in [1.82, 2.24) is 14.8 Å². The molecule has 0 aromatic carbocycles. The van der Waals surface area contributed by atoms with Crippen LogP contribution in [-0.2, 0) is 6.54 Å². The van der Waals surface area contributed by atoms with Crippen molar-refractivity contribution >= 4 is 31.9 Å². The summed E-state index contributed by atoms with van der Waals surface area (Å²) in [7, 11) is 0. The third-order valence-corrected chi connectivity index (χ3v) is 2.28. The van der Waals surface area contributed by atoms with Crippen LogP contribution in [0.5, 0.6) is 0 Å². The van der Waals surface area contributed by atoms with Gasteiger partial charge in [-0.1, -0.05) is 28.1 Å². The first-order valence-corrected chi connectivity index (χ1v) is 5.64. The average molecular weight is 325 g/mol. The van der Waals surface area contributed by atoms with Gasteiger partial charge < -0.3 is 0 Å². The van der Waals surface area contributed by atoms with E-state index in [1.807, 2.05) is 6.08 Å². The standard InChI is InChI=1S/C7H7Br2N3O2/c8-3-1-2-4-12-7(14)10-6(13)5(9)11-12/h1-2H,3-4H2,(H,10,13,14)/b2-1+. The summed E-state index contributed by atoms with van der Waals surface area (Å²) in [6.07, 6.45) is 3.61. The fourth-order valence-electron chi connectivity index (χ4n) is 0.771. The van der Waals surface area contributed by atoms with Crippen LogP contribution in [0.25, 0.3) is 0 Å². The number of hydrogen-bond donors (Lipinski definition) is 1. The first kappa shape index (κ1) is 11.4. The minimum Gasteiger partial charge on any atom is -0.270 e. The average Bonchev–Trinajstić information content (AvgIpc) is 2.14. The van der Waals surface area contributed by atoms with E-state index in [4.69, 9.17) is 0 Å². The van der Waals surface area contributed by atoms with Gasteiger partial charge in [0.2, 0.25) is 0 Å². The summed E-state index contributed by atoms with van der Waals surface area (Å²) in [6, 6.07) is 0. The summed E-state index contributed by atoms with van der Waals surface area (Å²) in [6.45, 7) is 0.333. The number of allylic oxidation sites excluding steroid dienone is 2. The van der Waals surface area contributed by atoms with E-state index in [-0.39, 0.29) is 4.60 Å². The topological polar surface area (TPSA) is 67.8 Å². The normalized spacial score (nSPS) is 11.0. The molecule has 0 atom stereocenters.